The summed E-state index contributed by atoms with van der Waals surface area (Å²) < 4.78 is 15.7. The Morgan fingerprint density at radius 2 is 1.86 bits per heavy atom. The fourth-order valence-corrected chi connectivity index (χ4v) is 1.91. The van der Waals surface area contributed by atoms with Crippen molar-refractivity contribution in [3.63, 3.8) is 0 Å². The number of carbonyl (C=O) groups excluding carboxylic acids is 1. The van der Waals surface area contributed by atoms with Crippen molar-refractivity contribution < 1.29 is 19.0 Å². The number of nitrogens with zero attached hydrogens (tertiary/aromatic N) is 1. The first kappa shape index (κ1) is 16.6. The average Bonchev–Trinajstić information content (AvgIpc) is 2.52. The fourth-order valence-electron chi connectivity index (χ4n) is 1.91. The molecule has 0 spiro atoms. The van der Waals surface area contributed by atoms with Crippen molar-refractivity contribution in [1.82, 2.24) is 5.32 Å². The van der Waals surface area contributed by atoms with Crippen molar-refractivity contribution in [3.05, 3.63) is 17.7 Å². The maximum atomic E-state index is 12.2. The van der Waals surface area contributed by atoms with Gasteiger partial charge in [-0.25, -0.2) is 0 Å². The van der Waals surface area contributed by atoms with Gasteiger partial charge in [0.2, 0.25) is 5.75 Å². The Morgan fingerprint density at radius 1 is 1.14 bits per heavy atom. The van der Waals surface area contributed by atoms with Crippen LogP contribution in [0.25, 0.3) is 0 Å². The SMILES string of the molecule is COc1ccc(C(=O)NCCCCC#N)c(OC)c1OC. The molecule has 1 aromatic carbocycles. The number of hydrogen-bond acceptors (Lipinski definition) is 5. The highest BCUT2D eigenvalue weighted by molar-refractivity contribution is 5.98. The van der Waals surface area contributed by atoms with Crippen LogP contribution in [-0.4, -0.2) is 33.8 Å². The number of unbranched alkanes of at least 4 members (excludes halogenated alkanes) is 2. The normalized spacial score (nSPS) is 9.62. The van der Waals surface area contributed by atoms with Crippen molar-refractivity contribution in [2.45, 2.75) is 19.3 Å². The summed E-state index contributed by atoms with van der Waals surface area (Å²) in [4.78, 5) is 12.2. The zero-order valence-electron chi connectivity index (χ0n) is 12.6. The largest absolute Gasteiger partial charge is 0.493 e. The van der Waals surface area contributed by atoms with E-state index >= 15 is 0 Å². The molecule has 6 nitrogen and oxygen atoms in total. The molecule has 0 radical (unpaired) electrons. The minimum Gasteiger partial charge on any atom is -0.493 e. The van der Waals surface area contributed by atoms with Crippen LogP contribution in [0.3, 0.4) is 0 Å². The van der Waals surface area contributed by atoms with Gasteiger partial charge in [0, 0.05) is 13.0 Å². The molecular weight excluding hydrogens is 272 g/mol. The van der Waals surface area contributed by atoms with Crippen LogP contribution < -0.4 is 19.5 Å². The first-order valence-electron chi connectivity index (χ1n) is 6.63. The molecule has 0 unspecified atom stereocenters. The Balaban J connectivity index is 2.82. The Morgan fingerprint density at radius 3 is 2.43 bits per heavy atom. The molecule has 0 bridgehead atoms. The topological polar surface area (TPSA) is 80.6 Å². The molecule has 0 aromatic heterocycles. The van der Waals surface area contributed by atoms with E-state index < -0.39 is 0 Å². The van der Waals surface area contributed by atoms with Gasteiger partial charge in [0.05, 0.1) is 33.0 Å². The average molecular weight is 292 g/mol. The van der Waals surface area contributed by atoms with E-state index in [0.29, 0.717) is 35.8 Å². The van der Waals surface area contributed by atoms with Gasteiger partial charge in [-0.05, 0) is 25.0 Å². The molecule has 1 N–H and O–H groups in total. The Kier molecular flexibility index (Phi) is 6.88. The minimum absolute atomic E-state index is 0.246. The highest BCUT2D eigenvalue weighted by atomic mass is 16.5. The van der Waals surface area contributed by atoms with E-state index in [2.05, 4.69) is 11.4 Å². The highest BCUT2D eigenvalue weighted by Gasteiger charge is 2.20. The molecule has 21 heavy (non-hydrogen) atoms. The second-order valence-corrected chi connectivity index (χ2v) is 4.25. The van der Waals surface area contributed by atoms with E-state index in [0.717, 1.165) is 12.8 Å². The van der Waals surface area contributed by atoms with Gasteiger partial charge in [-0.3, -0.25) is 4.79 Å². The molecule has 1 aromatic rings. The second kappa shape index (κ2) is 8.69. The third kappa shape index (κ3) is 4.28. The number of carbonyl (C=O) groups is 1. The summed E-state index contributed by atoms with van der Waals surface area (Å²) in [5.74, 6) is 0.980. The van der Waals surface area contributed by atoms with Crippen molar-refractivity contribution in [2.24, 2.45) is 0 Å². The molecule has 0 saturated carbocycles. The van der Waals surface area contributed by atoms with Gasteiger partial charge in [0.1, 0.15) is 0 Å². The Hall–Kier alpha value is -2.42. The quantitative estimate of drug-likeness (QED) is 0.742. The number of nitrogens with one attached hydrogen (secondary N) is 1. The first-order valence-corrected chi connectivity index (χ1v) is 6.63. The highest BCUT2D eigenvalue weighted by Crippen LogP contribution is 2.39. The molecule has 0 aliphatic rings. The number of methoxy groups -OCH3 is 3. The Bertz CT molecular complexity index is 523. The van der Waals surface area contributed by atoms with Crippen LogP contribution in [0.2, 0.25) is 0 Å². The third-order valence-corrected chi connectivity index (χ3v) is 2.95. The van der Waals surface area contributed by atoms with Crippen molar-refractivity contribution in [3.8, 4) is 23.3 Å². The van der Waals surface area contributed by atoms with Crippen molar-refractivity contribution in [1.29, 1.82) is 5.26 Å². The van der Waals surface area contributed by atoms with Crippen LogP contribution in [0, 0.1) is 11.3 Å². The number of rotatable bonds is 8. The number of benzene rings is 1. The molecule has 6 heteroatoms. The van der Waals surface area contributed by atoms with Gasteiger partial charge >= 0.3 is 0 Å². The molecule has 0 saturated heterocycles. The summed E-state index contributed by atoms with van der Waals surface area (Å²) in [6.07, 6.45) is 2.02. The van der Waals surface area contributed by atoms with Crippen LogP contribution in [0.1, 0.15) is 29.6 Å². The van der Waals surface area contributed by atoms with Crippen LogP contribution in [0.5, 0.6) is 17.2 Å². The molecule has 0 heterocycles. The van der Waals surface area contributed by atoms with E-state index in [1.54, 1.807) is 12.1 Å². The second-order valence-electron chi connectivity index (χ2n) is 4.25. The van der Waals surface area contributed by atoms with Gasteiger partial charge < -0.3 is 19.5 Å². The van der Waals surface area contributed by atoms with E-state index in [9.17, 15) is 4.79 Å². The number of ether oxygens (including phenoxy) is 3. The smallest absolute Gasteiger partial charge is 0.255 e. The summed E-state index contributed by atoms with van der Waals surface area (Å²) in [6, 6.07) is 5.36. The lowest BCUT2D eigenvalue weighted by Crippen LogP contribution is -2.25. The Labute approximate surface area is 124 Å². The minimum atomic E-state index is -0.246. The first-order chi connectivity index (χ1) is 10.2. The fraction of sp³-hybridized carbons (Fsp3) is 0.467. The lowest BCUT2D eigenvalue weighted by atomic mass is 10.1. The van der Waals surface area contributed by atoms with Crippen LogP contribution in [-0.2, 0) is 0 Å². The van der Waals surface area contributed by atoms with Crippen LogP contribution in [0.4, 0.5) is 0 Å². The van der Waals surface area contributed by atoms with Crippen molar-refractivity contribution in [2.75, 3.05) is 27.9 Å². The maximum absolute atomic E-state index is 12.2. The van der Waals surface area contributed by atoms with Gasteiger partial charge in [-0.1, -0.05) is 0 Å². The van der Waals surface area contributed by atoms with Gasteiger partial charge in [0.15, 0.2) is 11.5 Å². The number of nitriles is 1. The van der Waals surface area contributed by atoms with Gasteiger partial charge in [-0.15, -0.1) is 0 Å². The molecule has 0 fully saturated rings. The summed E-state index contributed by atoms with van der Waals surface area (Å²) in [5, 5.41) is 11.2. The van der Waals surface area contributed by atoms with Crippen LogP contribution >= 0.6 is 0 Å². The number of amides is 1. The lowest BCUT2D eigenvalue weighted by Gasteiger charge is -2.15. The molecule has 114 valence electrons. The standard InChI is InChI=1S/C15H20N2O4/c1-19-12-8-7-11(13(20-2)14(12)21-3)15(18)17-10-6-4-5-9-16/h7-8H,4-6,10H2,1-3H3,(H,17,18). The predicted molar refractivity (Wildman–Crippen MR) is 77.9 cm³/mol. The monoisotopic (exact) mass is 292 g/mol. The molecule has 1 rings (SSSR count). The third-order valence-electron chi connectivity index (χ3n) is 2.95. The zero-order valence-corrected chi connectivity index (χ0v) is 12.6. The molecule has 0 aliphatic carbocycles. The zero-order chi connectivity index (χ0) is 15.7. The van der Waals surface area contributed by atoms with Crippen LogP contribution in [0.15, 0.2) is 12.1 Å². The van der Waals surface area contributed by atoms with E-state index in [1.807, 2.05) is 0 Å². The summed E-state index contributed by atoms with van der Waals surface area (Å²) in [6.45, 7) is 0.512. The lowest BCUT2D eigenvalue weighted by molar-refractivity contribution is 0.0949. The maximum Gasteiger partial charge on any atom is 0.255 e. The number of hydrogen-bond donors (Lipinski definition) is 1. The molecular formula is C15H20N2O4. The van der Waals surface area contributed by atoms with Crippen molar-refractivity contribution >= 4 is 5.91 Å². The van der Waals surface area contributed by atoms with Gasteiger partial charge in [-0.2, -0.15) is 5.26 Å². The molecule has 0 aliphatic heterocycles. The van der Waals surface area contributed by atoms with E-state index in [-0.39, 0.29) is 5.91 Å². The molecule has 0 atom stereocenters. The summed E-state index contributed by atoms with van der Waals surface area (Å²) >= 11 is 0. The van der Waals surface area contributed by atoms with E-state index in [1.165, 1.54) is 21.3 Å². The summed E-state index contributed by atoms with van der Waals surface area (Å²) in [7, 11) is 4.48. The predicted octanol–water partition coefficient (Wildman–Crippen LogP) is 2.14. The molecule has 1 amide bonds. The summed E-state index contributed by atoms with van der Waals surface area (Å²) in [5.41, 5.74) is 0.385. The van der Waals surface area contributed by atoms with E-state index in [4.69, 9.17) is 19.5 Å². The van der Waals surface area contributed by atoms with Gasteiger partial charge in [0.25, 0.3) is 5.91 Å².